The van der Waals surface area contributed by atoms with Crippen molar-refractivity contribution in [1.29, 1.82) is 0 Å². The smallest absolute Gasteiger partial charge is 0.163 e. The number of ether oxygens (including phenoxy) is 1. The van der Waals surface area contributed by atoms with Gasteiger partial charge in [-0.05, 0) is 0 Å². The van der Waals surface area contributed by atoms with E-state index in [9.17, 15) is 4.79 Å². The van der Waals surface area contributed by atoms with Gasteiger partial charge >= 0.3 is 0 Å². The Labute approximate surface area is 65.6 Å². The zero-order valence-electron chi connectivity index (χ0n) is 6.38. The van der Waals surface area contributed by atoms with Crippen molar-refractivity contribution < 1.29 is 9.53 Å². The number of hydrogen-bond donors (Lipinski definition) is 0. The highest BCUT2D eigenvalue weighted by atomic mass is 16.5. The number of carbonyl (C=O) groups excluding carboxylic acids is 1. The van der Waals surface area contributed by atoms with Crippen molar-refractivity contribution in [1.82, 2.24) is 4.90 Å². The summed E-state index contributed by atoms with van der Waals surface area (Å²) in [6, 6.07) is 0. The highest BCUT2D eigenvalue weighted by Gasteiger charge is 2.22. The predicted molar refractivity (Wildman–Crippen MR) is 40.1 cm³/mol. The van der Waals surface area contributed by atoms with Crippen molar-refractivity contribution in [2.24, 2.45) is 0 Å². The number of hydrogen-bond acceptors (Lipinski definition) is 3. The van der Waals surface area contributed by atoms with Crippen LogP contribution in [-0.4, -0.2) is 37.0 Å². The van der Waals surface area contributed by atoms with Crippen molar-refractivity contribution in [2.45, 2.75) is 6.42 Å². The molecule has 2 aliphatic rings. The topological polar surface area (TPSA) is 29.5 Å². The van der Waals surface area contributed by atoms with Gasteiger partial charge in [-0.2, -0.15) is 0 Å². The Morgan fingerprint density at radius 3 is 2.55 bits per heavy atom. The van der Waals surface area contributed by atoms with Gasteiger partial charge in [-0.3, -0.25) is 4.79 Å². The molecule has 0 unspecified atom stereocenters. The number of rotatable bonds is 1. The molecule has 1 aliphatic heterocycles. The molecule has 0 aromatic heterocycles. The maximum Gasteiger partial charge on any atom is 0.163 e. The van der Waals surface area contributed by atoms with Crippen LogP contribution >= 0.6 is 0 Å². The van der Waals surface area contributed by atoms with Crippen LogP contribution in [0.5, 0.6) is 0 Å². The first-order valence-electron chi connectivity index (χ1n) is 3.92. The van der Waals surface area contributed by atoms with Gasteiger partial charge in [0.15, 0.2) is 5.78 Å². The summed E-state index contributed by atoms with van der Waals surface area (Å²) >= 11 is 0. The van der Waals surface area contributed by atoms with E-state index in [0.29, 0.717) is 6.42 Å². The maximum absolute atomic E-state index is 10.6. The zero-order valence-corrected chi connectivity index (χ0v) is 6.38. The quantitative estimate of drug-likeness (QED) is 0.538. The maximum atomic E-state index is 10.6. The average molecular weight is 153 g/mol. The summed E-state index contributed by atoms with van der Waals surface area (Å²) < 4.78 is 5.19. The fraction of sp³-hybridized carbons (Fsp3) is 0.625. The Kier molecular flexibility index (Phi) is 1.66. The molecule has 0 aromatic rings. The van der Waals surface area contributed by atoms with Gasteiger partial charge in [-0.25, -0.2) is 0 Å². The molecule has 3 nitrogen and oxygen atoms in total. The lowest BCUT2D eigenvalue weighted by Gasteiger charge is -2.33. The highest BCUT2D eigenvalue weighted by Crippen LogP contribution is 2.19. The molecular weight excluding hydrogens is 142 g/mol. The minimum atomic E-state index is 0.256. The largest absolute Gasteiger partial charge is 0.378 e. The third kappa shape index (κ3) is 1.28. The summed E-state index contributed by atoms with van der Waals surface area (Å²) in [5.41, 5.74) is 1.19. The molecule has 0 spiro atoms. The molecule has 1 fully saturated rings. The first kappa shape index (κ1) is 6.85. The Bertz CT molecular complexity index is 204. The van der Waals surface area contributed by atoms with Gasteiger partial charge in [0.2, 0.25) is 0 Å². The van der Waals surface area contributed by atoms with E-state index in [1.807, 2.05) is 0 Å². The standard InChI is InChI=1S/C8H11NO2/c10-8-5-7(6-8)9-1-3-11-4-2-9/h5H,1-4,6H2. The van der Waals surface area contributed by atoms with Crippen LogP contribution in [0.4, 0.5) is 0 Å². The SMILES string of the molecule is O=C1C=C(N2CCOCC2)C1. The van der Waals surface area contributed by atoms with Gasteiger partial charge in [-0.15, -0.1) is 0 Å². The minimum Gasteiger partial charge on any atom is -0.378 e. The van der Waals surface area contributed by atoms with Crippen LogP contribution in [0.3, 0.4) is 0 Å². The van der Waals surface area contributed by atoms with E-state index in [2.05, 4.69) is 4.90 Å². The van der Waals surface area contributed by atoms with Crippen molar-refractivity contribution in [3.63, 3.8) is 0 Å². The fourth-order valence-corrected chi connectivity index (χ4v) is 1.39. The molecule has 1 heterocycles. The van der Waals surface area contributed by atoms with Crippen molar-refractivity contribution in [3.05, 3.63) is 11.8 Å². The van der Waals surface area contributed by atoms with Gasteiger partial charge in [0, 0.05) is 24.9 Å². The Morgan fingerprint density at radius 2 is 2.00 bits per heavy atom. The molecule has 3 heteroatoms. The van der Waals surface area contributed by atoms with Crippen molar-refractivity contribution in [3.8, 4) is 0 Å². The molecule has 11 heavy (non-hydrogen) atoms. The summed E-state index contributed by atoms with van der Waals surface area (Å²) in [6.45, 7) is 3.48. The third-order valence-electron chi connectivity index (χ3n) is 2.10. The molecule has 0 bridgehead atoms. The van der Waals surface area contributed by atoms with Gasteiger partial charge in [0.1, 0.15) is 0 Å². The summed E-state index contributed by atoms with van der Waals surface area (Å²) in [6.07, 6.45) is 2.37. The highest BCUT2D eigenvalue weighted by molar-refractivity contribution is 5.98. The van der Waals surface area contributed by atoms with Gasteiger partial charge < -0.3 is 9.64 Å². The van der Waals surface area contributed by atoms with E-state index < -0.39 is 0 Å². The number of morpholine rings is 1. The number of allylic oxidation sites excluding steroid dienone is 2. The number of ketones is 1. The van der Waals surface area contributed by atoms with Crippen LogP contribution in [-0.2, 0) is 9.53 Å². The van der Waals surface area contributed by atoms with E-state index in [1.54, 1.807) is 6.08 Å². The van der Waals surface area contributed by atoms with Crippen LogP contribution in [0.15, 0.2) is 11.8 Å². The minimum absolute atomic E-state index is 0.256. The Morgan fingerprint density at radius 1 is 1.36 bits per heavy atom. The number of nitrogens with zero attached hydrogens (tertiary/aromatic N) is 1. The van der Waals surface area contributed by atoms with E-state index in [1.165, 1.54) is 5.70 Å². The fourth-order valence-electron chi connectivity index (χ4n) is 1.39. The molecular formula is C8H11NO2. The molecule has 1 saturated heterocycles. The molecule has 0 aromatic carbocycles. The average Bonchev–Trinajstić information content (AvgIpc) is 2.01. The lowest BCUT2D eigenvalue weighted by Crippen LogP contribution is -2.38. The number of carbonyl (C=O) groups is 1. The monoisotopic (exact) mass is 153 g/mol. The second-order valence-electron chi connectivity index (χ2n) is 2.88. The third-order valence-corrected chi connectivity index (χ3v) is 2.10. The van der Waals surface area contributed by atoms with E-state index in [0.717, 1.165) is 26.3 Å². The van der Waals surface area contributed by atoms with Gasteiger partial charge in [0.25, 0.3) is 0 Å². The molecule has 2 rings (SSSR count). The van der Waals surface area contributed by atoms with Crippen LogP contribution < -0.4 is 0 Å². The molecule has 0 saturated carbocycles. The van der Waals surface area contributed by atoms with Crippen LogP contribution in [0.1, 0.15) is 6.42 Å². The first-order valence-corrected chi connectivity index (χ1v) is 3.92. The molecule has 0 atom stereocenters. The van der Waals surface area contributed by atoms with E-state index in [-0.39, 0.29) is 5.78 Å². The summed E-state index contributed by atoms with van der Waals surface area (Å²) in [5, 5.41) is 0. The van der Waals surface area contributed by atoms with Gasteiger partial charge in [-0.1, -0.05) is 0 Å². The summed E-state index contributed by atoms with van der Waals surface area (Å²) in [7, 11) is 0. The normalized spacial score (nSPS) is 24.5. The van der Waals surface area contributed by atoms with Crippen LogP contribution in [0.2, 0.25) is 0 Å². The lowest BCUT2D eigenvalue weighted by atomic mass is 10.0. The van der Waals surface area contributed by atoms with Crippen LogP contribution in [0.25, 0.3) is 0 Å². The second kappa shape index (κ2) is 2.66. The van der Waals surface area contributed by atoms with E-state index >= 15 is 0 Å². The molecule has 0 N–H and O–H groups in total. The summed E-state index contributed by atoms with van der Waals surface area (Å²) in [4.78, 5) is 12.8. The predicted octanol–water partition coefficient (Wildman–Crippen LogP) is 0.175. The van der Waals surface area contributed by atoms with Crippen molar-refractivity contribution >= 4 is 5.78 Å². The molecule has 1 aliphatic carbocycles. The lowest BCUT2D eigenvalue weighted by molar-refractivity contribution is -0.116. The zero-order chi connectivity index (χ0) is 7.68. The van der Waals surface area contributed by atoms with Gasteiger partial charge in [0.05, 0.1) is 19.6 Å². The van der Waals surface area contributed by atoms with Crippen LogP contribution in [0, 0.1) is 0 Å². The molecule has 0 radical (unpaired) electrons. The van der Waals surface area contributed by atoms with Crippen molar-refractivity contribution in [2.75, 3.05) is 26.3 Å². The summed E-state index contributed by atoms with van der Waals surface area (Å²) in [5.74, 6) is 0.256. The second-order valence-corrected chi connectivity index (χ2v) is 2.88. The molecule has 60 valence electrons. The van der Waals surface area contributed by atoms with E-state index in [4.69, 9.17) is 4.74 Å². The molecule has 0 amide bonds. The first-order chi connectivity index (χ1) is 5.36. The Balaban J connectivity index is 1.94. The Hall–Kier alpha value is -0.830.